The number of carbonyl (C=O) groups is 3. The van der Waals surface area contributed by atoms with Crippen LogP contribution in [0.2, 0.25) is 0 Å². The van der Waals surface area contributed by atoms with Gasteiger partial charge < -0.3 is 4.74 Å². The number of hydrogen-bond acceptors (Lipinski definition) is 6. The second-order valence-corrected chi connectivity index (χ2v) is 5.43. The summed E-state index contributed by atoms with van der Waals surface area (Å²) in [5, 5.41) is 2.17. The van der Waals surface area contributed by atoms with Crippen molar-refractivity contribution in [3.8, 4) is 5.75 Å². The summed E-state index contributed by atoms with van der Waals surface area (Å²) in [6.45, 7) is 0.223. The van der Waals surface area contributed by atoms with Crippen LogP contribution < -0.4 is 15.0 Å². The van der Waals surface area contributed by atoms with E-state index in [9.17, 15) is 14.4 Å². The molecule has 2 heterocycles. The van der Waals surface area contributed by atoms with Gasteiger partial charge in [-0.15, -0.1) is 0 Å². The van der Waals surface area contributed by atoms with Gasteiger partial charge in [-0.25, -0.2) is 9.69 Å². The van der Waals surface area contributed by atoms with E-state index < -0.39 is 23.8 Å². The molecule has 3 rings (SSSR count). The number of nitrogens with one attached hydrogen (secondary N) is 1. The molecule has 0 saturated carbocycles. The summed E-state index contributed by atoms with van der Waals surface area (Å²) in [5.74, 6) is -2.26. The molecule has 4 amide bonds. The first kappa shape index (κ1) is 17.3. The Kier molecular flexibility index (Phi) is 5.02. The molecule has 8 nitrogen and oxygen atoms in total. The van der Waals surface area contributed by atoms with Crippen molar-refractivity contribution in [1.29, 1.82) is 0 Å². The smallest absolute Gasteiger partial charge is 0.335 e. The van der Waals surface area contributed by atoms with E-state index in [-0.39, 0.29) is 12.2 Å². The van der Waals surface area contributed by atoms with Gasteiger partial charge in [0.15, 0.2) is 5.92 Å². The third-order valence-corrected chi connectivity index (χ3v) is 3.76. The van der Waals surface area contributed by atoms with Gasteiger partial charge in [0.1, 0.15) is 5.75 Å². The lowest BCUT2D eigenvalue weighted by atomic mass is 10.1. The highest BCUT2D eigenvalue weighted by atomic mass is 16.5. The van der Waals surface area contributed by atoms with Crippen LogP contribution in [0.5, 0.6) is 5.75 Å². The Bertz CT molecular complexity index is 867. The number of hydrogen-bond donors (Lipinski definition) is 1. The predicted molar refractivity (Wildman–Crippen MR) is 93.9 cm³/mol. The summed E-state index contributed by atoms with van der Waals surface area (Å²) < 4.78 is 5.20. The number of ether oxygens (including phenoxy) is 1. The molecule has 0 spiro atoms. The number of carbonyl (C=O) groups excluding carboxylic acids is 3. The van der Waals surface area contributed by atoms with Crippen molar-refractivity contribution in [2.45, 2.75) is 6.54 Å². The number of aliphatic imine (C=N–C) groups is 1. The first-order chi connectivity index (χ1) is 12.6. The maximum absolute atomic E-state index is 12.7. The fourth-order valence-electron chi connectivity index (χ4n) is 2.51. The van der Waals surface area contributed by atoms with Gasteiger partial charge in [0, 0.05) is 12.4 Å². The molecule has 0 aliphatic carbocycles. The quantitative estimate of drug-likeness (QED) is 0.650. The fraction of sp³-hybridized carbons (Fsp3) is 0.167. The van der Waals surface area contributed by atoms with Crippen LogP contribution >= 0.6 is 0 Å². The van der Waals surface area contributed by atoms with Crippen molar-refractivity contribution in [2.24, 2.45) is 10.9 Å². The first-order valence-corrected chi connectivity index (χ1v) is 7.83. The lowest BCUT2D eigenvalue weighted by Gasteiger charge is -2.29. The highest BCUT2D eigenvalue weighted by Crippen LogP contribution is 2.30. The van der Waals surface area contributed by atoms with E-state index in [1.165, 1.54) is 13.3 Å². The number of methoxy groups -OCH3 is 1. The molecule has 0 unspecified atom stereocenters. The van der Waals surface area contributed by atoms with Crippen LogP contribution in [0.15, 0.2) is 53.7 Å². The monoisotopic (exact) mass is 352 g/mol. The highest BCUT2D eigenvalue weighted by Gasteiger charge is 2.41. The standard InChI is InChI=1S/C18H16N4O4/c1-26-15-8-3-2-7-14(15)22-17(24)13(16(23)21-18(22)25)11-19-10-12-6-4-5-9-20-12/h2-9,11,13H,10H2,1H3,(H,21,23,25)/t13-/m1/s1. The number of pyridine rings is 1. The van der Waals surface area contributed by atoms with Gasteiger partial charge in [-0.1, -0.05) is 18.2 Å². The van der Waals surface area contributed by atoms with Gasteiger partial charge in [0.2, 0.25) is 5.91 Å². The molecule has 1 aromatic carbocycles. The molecule has 1 aliphatic rings. The molecule has 1 fully saturated rings. The number of imide groups is 2. The minimum absolute atomic E-state index is 0.223. The van der Waals surface area contributed by atoms with Crippen molar-refractivity contribution in [3.63, 3.8) is 0 Å². The molecule has 132 valence electrons. The number of aromatic nitrogens is 1. The van der Waals surface area contributed by atoms with Crippen molar-refractivity contribution in [3.05, 3.63) is 54.4 Å². The molecule has 2 aromatic rings. The second-order valence-electron chi connectivity index (χ2n) is 5.43. The Morgan fingerprint density at radius 1 is 1.19 bits per heavy atom. The Morgan fingerprint density at radius 2 is 1.96 bits per heavy atom. The summed E-state index contributed by atoms with van der Waals surface area (Å²) in [6, 6.07) is 11.1. The minimum Gasteiger partial charge on any atom is -0.495 e. The van der Waals surface area contributed by atoms with E-state index in [1.54, 1.807) is 42.6 Å². The minimum atomic E-state index is -1.21. The Morgan fingerprint density at radius 3 is 2.69 bits per heavy atom. The maximum atomic E-state index is 12.7. The molecule has 1 aromatic heterocycles. The molecule has 26 heavy (non-hydrogen) atoms. The summed E-state index contributed by atoms with van der Waals surface area (Å²) in [7, 11) is 1.43. The molecule has 8 heteroatoms. The average molecular weight is 352 g/mol. The van der Waals surface area contributed by atoms with Gasteiger partial charge in [-0.2, -0.15) is 0 Å². The highest BCUT2D eigenvalue weighted by molar-refractivity contribution is 6.32. The molecule has 1 atom stereocenters. The SMILES string of the molecule is COc1ccccc1N1C(=O)NC(=O)[C@@H](C=NCc2ccccn2)C1=O. The van der Waals surface area contributed by atoms with Crippen molar-refractivity contribution in [2.75, 3.05) is 12.0 Å². The van der Waals surface area contributed by atoms with Gasteiger partial charge in [0.25, 0.3) is 5.91 Å². The maximum Gasteiger partial charge on any atom is 0.335 e. The molecular weight excluding hydrogens is 336 g/mol. The summed E-state index contributed by atoms with van der Waals surface area (Å²) in [6.07, 6.45) is 2.87. The van der Waals surface area contributed by atoms with E-state index >= 15 is 0 Å². The molecule has 1 saturated heterocycles. The zero-order valence-corrected chi connectivity index (χ0v) is 14.0. The Hall–Kier alpha value is -3.55. The third kappa shape index (κ3) is 3.44. The van der Waals surface area contributed by atoms with Crippen LogP contribution in [0.3, 0.4) is 0 Å². The summed E-state index contributed by atoms with van der Waals surface area (Å²) in [4.78, 5) is 46.1. The number of barbiturate groups is 1. The molecule has 1 N–H and O–H groups in total. The van der Waals surface area contributed by atoms with E-state index in [2.05, 4.69) is 15.3 Å². The Balaban J connectivity index is 1.84. The van der Waals surface area contributed by atoms with Crippen LogP contribution in [-0.4, -0.2) is 36.2 Å². The normalized spacial score (nSPS) is 17.5. The zero-order valence-electron chi connectivity index (χ0n) is 14.0. The van der Waals surface area contributed by atoms with E-state index in [4.69, 9.17) is 4.74 Å². The fourth-order valence-corrected chi connectivity index (χ4v) is 2.51. The summed E-state index contributed by atoms with van der Waals surface area (Å²) in [5.41, 5.74) is 0.957. The van der Waals surface area contributed by atoms with Crippen molar-refractivity contribution >= 4 is 29.7 Å². The van der Waals surface area contributed by atoms with E-state index in [0.717, 1.165) is 4.90 Å². The number of benzene rings is 1. The van der Waals surface area contributed by atoms with Gasteiger partial charge in [0.05, 0.1) is 25.0 Å². The zero-order chi connectivity index (χ0) is 18.5. The van der Waals surface area contributed by atoms with E-state index in [0.29, 0.717) is 11.4 Å². The van der Waals surface area contributed by atoms with Gasteiger partial charge in [-0.3, -0.25) is 24.9 Å². The van der Waals surface area contributed by atoms with Crippen LogP contribution in [0.25, 0.3) is 0 Å². The third-order valence-electron chi connectivity index (χ3n) is 3.76. The number of urea groups is 1. The van der Waals surface area contributed by atoms with Crippen LogP contribution in [0, 0.1) is 5.92 Å². The van der Waals surface area contributed by atoms with Gasteiger partial charge in [-0.05, 0) is 24.3 Å². The number of para-hydroxylation sites is 2. The van der Waals surface area contributed by atoms with Crippen LogP contribution in [0.4, 0.5) is 10.5 Å². The lowest BCUT2D eigenvalue weighted by molar-refractivity contribution is -0.131. The predicted octanol–water partition coefficient (Wildman–Crippen LogP) is 1.56. The molecule has 0 radical (unpaired) electrons. The molecule has 1 aliphatic heterocycles. The van der Waals surface area contributed by atoms with Gasteiger partial charge >= 0.3 is 6.03 Å². The van der Waals surface area contributed by atoms with Crippen LogP contribution in [0.1, 0.15) is 5.69 Å². The largest absolute Gasteiger partial charge is 0.495 e. The Labute approximate surface area is 149 Å². The summed E-state index contributed by atoms with van der Waals surface area (Å²) >= 11 is 0. The second kappa shape index (κ2) is 7.56. The van der Waals surface area contributed by atoms with Crippen molar-refractivity contribution < 1.29 is 19.1 Å². The topological polar surface area (TPSA) is 101 Å². The van der Waals surface area contributed by atoms with Crippen LogP contribution in [-0.2, 0) is 16.1 Å². The number of nitrogens with zero attached hydrogens (tertiary/aromatic N) is 3. The number of rotatable bonds is 5. The number of anilines is 1. The average Bonchev–Trinajstić information content (AvgIpc) is 2.65. The lowest BCUT2D eigenvalue weighted by Crippen LogP contribution is -2.58. The van der Waals surface area contributed by atoms with E-state index in [1.807, 2.05) is 6.07 Å². The van der Waals surface area contributed by atoms with Crippen molar-refractivity contribution in [1.82, 2.24) is 10.3 Å². The number of amides is 4. The first-order valence-electron chi connectivity index (χ1n) is 7.83. The molecule has 0 bridgehead atoms. The molecular formula is C18H16N4O4.